The number of carbonyl (C=O) groups is 3. The Kier molecular flexibility index (Phi) is 34.6. The van der Waals surface area contributed by atoms with Crippen molar-refractivity contribution in [3.8, 4) is 0 Å². The molecule has 1 saturated heterocycles. The van der Waals surface area contributed by atoms with Crippen LogP contribution in [0.3, 0.4) is 0 Å². The summed E-state index contributed by atoms with van der Waals surface area (Å²) in [7, 11) is -4.75. The molecule has 0 aromatic rings. The highest BCUT2D eigenvalue weighted by Gasteiger charge is 2.36. The molecule has 344 valence electrons. The van der Waals surface area contributed by atoms with E-state index in [1.807, 2.05) is 12.2 Å². The average Bonchev–Trinajstić information content (AvgIpc) is 3.99. The van der Waals surface area contributed by atoms with Crippen LogP contribution in [0.4, 0.5) is 0 Å². The van der Waals surface area contributed by atoms with Crippen LogP contribution in [0.1, 0.15) is 142 Å². The number of phosphoric ester groups is 1. The molecule has 5 atom stereocenters. The Morgan fingerprint density at radius 1 is 0.623 bits per heavy atom. The highest BCUT2D eigenvalue weighted by molar-refractivity contribution is 7.47. The van der Waals surface area contributed by atoms with Crippen molar-refractivity contribution in [2.45, 2.75) is 167 Å². The number of ether oxygens (including phenoxy) is 3. The van der Waals surface area contributed by atoms with Crippen LogP contribution in [0.25, 0.3) is 0 Å². The molecule has 1 aliphatic heterocycles. The second-order valence-corrected chi connectivity index (χ2v) is 16.3. The molecule has 0 aromatic heterocycles. The zero-order chi connectivity index (χ0) is 44.7. The van der Waals surface area contributed by atoms with Crippen LogP contribution in [0.15, 0.2) is 97.2 Å². The number of aliphatic carboxylic acids is 1. The number of carbonyl (C=O) groups excluding carboxylic acids is 2. The molecule has 61 heavy (non-hydrogen) atoms. The van der Waals surface area contributed by atoms with Crippen molar-refractivity contribution in [2.24, 2.45) is 5.73 Å². The van der Waals surface area contributed by atoms with Crippen LogP contribution >= 0.6 is 7.82 Å². The minimum atomic E-state index is -4.75. The highest BCUT2D eigenvalue weighted by atomic mass is 31.2. The lowest BCUT2D eigenvalue weighted by Crippen LogP contribution is -2.34. The van der Waals surface area contributed by atoms with Gasteiger partial charge in [-0.1, -0.05) is 137 Å². The first-order valence-corrected chi connectivity index (χ1v) is 23.9. The van der Waals surface area contributed by atoms with Crippen molar-refractivity contribution < 1.29 is 52.2 Å². The number of unbranched alkanes of at least 4 members (excludes halogenated alkanes) is 6. The number of esters is 2. The number of epoxide rings is 1. The summed E-state index contributed by atoms with van der Waals surface area (Å²) in [6.45, 7) is 2.54. The third-order valence-corrected chi connectivity index (χ3v) is 10.2. The van der Waals surface area contributed by atoms with Gasteiger partial charge in [0.05, 0.1) is 25.4 Å². The normalized spacial score (nSPS) is 17.9. The molecule has 1 fully saturated rings. The van der Waals surface area contributed by atoms with Gasteiger partial charge in [0.15, 0.2) is 6.10 Å². The SMILES string of the molecule is CC/C=C\C/C=C\C/C=C\C/C=C\C/C=C\CCCCCC(=O)OC[C@H](COP(=O)(O)OC[C@H](N)C(=O)O)OC(=O)CCC/C=C\C/C=C\C/C=C\CC1OC1CCCCC. The minimum absolute atomic E-state index is 0.0677. The van der Waals surface area contributed by atoms with Gasteiger partial charge in [0.1, 0.15) is 12.6 Å². The van der Waals surface area contributed by atoms with Gasteiger partial charge in [0.25, 0.3) is 0 Å². The van der Waals surface area contributed by atoms with Crippen LogP contribution < -0.4 is 5.73 Å². The Hall–Kier alpha value is -3.64. The topological polar surface area (TPSA) is 184 Å². The van der Waals surface area contributed by atoms with Crippen LogP contribution in [0.5, 0.6) is 0 Å². The van der Waals surface area contributed by atoms with Crippen molar-refractivity contribution in [3.63, 3.8) is 0 Å². The number of allylic oxidation sites excluding steroid dienone is 15. The number of hydrogen-bond acceptors (Lipinski definition) is 10. The second-order valence-electron chi connectivity index (χ2n) is 14.8. The zero-order valence-corrected chi connectivity index (χ0v) is 37.8. The maximum Gasteiger partial charge on any atom is 0.472 e. The van der Waals surface area contributed by atoms with Crippen LogP contribution in [-0.4, -0.2) is 72.1 Å². The van der Waals surface area contributed by atoms with E-state index in [1.54, 1.807) is 0 Å². The number of carboxylic acids is 1. The lowest BCUT2D eigenvalue weighted by Gasteiger charge is -2.20. The van der Waals surface area contributed by atoms with E-state index >= 15 is 0 Å². The molecule has 0 radical (unpaired) electrons. The average molecular weight is 874 g/mol. The Bertz CT molecular complexity index is 1460. The number of rotatable bonds is 39. The van der Waals surface area contributed by atoms with Crippen molar-refractivity contribution in [3.05, 3.63) is 97.2 Å². The predicted molar refractivity (Wildman–Crippen MR) is 244 cm³/mol. The summed E-state index contributed by atoms with van der Waals surface area (Å²) in [5.41, 5.74) is 5.33. The van der Waals surface area contributed by atoms with E-state index in [0.717, 1.165) is 70.6 Å². The molecule has 4 N–H and O–H groups in total. The molecule has 13 heteroatoms. The standard InChI is InChI=1S/C48H76NO11P/c1-3-5-7-8-9-10-11-12-13-14-15-16-17-18-19-23-26-29-33-37-46(50)56-39-42(40-57-61(54,55)58-41-43(49)48(52)53)59-47(51)38-34-30-27-24-21-20-22-25-28-32-36-45-44(60-45)35-31-6-4-2/h5,7,9-10,12-13,15-16,18-20,22,24,27-28,32,42-45H,3-4,6,8,11,14,17,21,23,25-26,29-31,33-41,49H2,1-2H3,(H,52,53)(H,54,55)/b7-5-,10-9-,13-12-,16-15-,19-18-,22-20-,27-24-,32-28-/t42-,43+,44?,45?/m1/s1. The molecular weight excluding hydrogens is 797 g/mol. The second kappa shape index (κ2) is 38.1. The van der Waals surface area contributed by atoms with E-state index in [0.29, 0.717) is 31.5 Å². The fraction of sp³-hybridized carbons (Fsp3) is 0.604. The van der Waals surface area contributed by atoms with E-state index in [-0.39, 0.29) is 12.8 Å². The molecule has 1 rings (SSSR count). The quantitative estimate of drug-likeness (QED) is 0.0175. The van der Waals surface area contributed by atoms with Crippen molar-refractivity contribution in [1.82, 2.24) is 0 Å². The first-order valence-electron chi connectivity index (χ1n) is 22.4. The van der Waals surface area contributed by atoms with Gasteiger partial charge in [-0.25, -0.2) is 4.57 Å². The summed E-state index contributed by atoms with van der Waals surface area (Å²) in [5.74, 6) is -2.51. The van der Waals surface area contributed by atoms with Gasteiger partial charge in [0, 0.05) is 12.8 Å². The highest BCUT2D eigenvalue weighted by Crippen LogP contribution is 2.43. The molecule has 0 aromatic carbocycles. The Labute approximate surface area is 366 Å². The molecule has 3 unspecified atom stereocenters. The van der Waals surface area contributed by atoms with Gasteiger partial charge < -0.3 is 29.9 Å². The lowest BCUT2D eigenvalue weighted by molar-refractivity contribution is -0.161. The largest absolute Gasteiger partial charge is 0.480 e. The molecule has 0 aliphatic carbocycles. The minimum Gasteiger partial charge on any atom is -0.480 e. The third kappa shape index (κ3) is 35.6. The number of nitrogens with two attached hydrogens (primary N) is 1. The third-order valence-electron chi connectivity index (χ3n) is 9.24. The summed E-state index contributed by atoms with van der Waals surface area (Å²) < 4.78 is 38.4. The molecule has 1 heterocycles. The predicted octanol–water partition coefficient (Wildman–Crippen LogP) is 11.0. The van der Waals surface area contributed by atoms with E-state index in [9.17, 15) is 23.8 Å². The van der Waals surface area contributed by atoms with Crippen LogP contribution in [-0.2, 0) is 42.2 Å². The van der Waals surface area contributed by atoms with Gasteiger partial charge in [-0.05, 0) is 89.9 Å². The van der Waals surface area contributed by atoms with E-state index in [2.05, 4.69) is 103 Å². The molecule has 0 amide bonds. The van der Waals surface area contributed by atoms with Gasteiger partial charge >= 0.3 is 25.7 Å². The fourth-order valence-corrected chi connectivity index (χ4v) is 6.42. The first kappa shape index (κ1) is 55.4. The van der Waals surface area contributed by atoms with Gasteiger partial charge in [0.2, 0.25) is 0 Å². The summed E-state index contributed by atoms with van der Waals surface area (Å²) in [5, 5.41) is 8.90. The van der Waals surface area contributed by atoms with Crippen molar-refractivity contribution >= 4 is 25.7 Å². The summed E-state index contributed by atoms with van der Waals surface area (Å²) in [6, 6.07) is -1.54. The van der Waals surface area contributed by atoms with Gasteiger partial charge in [-0.3, -0.25) is 23.4 Å². The smallest absolute Gasteiger partial charge is 0.472 e. The first-order chi connectivity index (χ1) is 29.6. The molecule has 1 aliphatic rings. The zero-order valence-electron chi connectivity index (χ0n) is 36.9. The van der Waals surface area contributed by atoms with Crippen LogP contribution in [0.2, 0.25) is 0 Å². The number of phosphoric acid groups is 1. The lowest BCUT2D eigenvalue weighted by atomic mass is 10.1. The molecule has 12 nitrogen and oxygen atoms in total. The summed E-state index contributed by atoms with van der Waals surface area (Å²) in [4.78, 5) is 46.0. The van der Waals surface area contributed by atoms with Crippen molar-refractivity contribution in [2.75, 3.05) is 19.8 Å². The van der Waals surface area contributed by atoms with E-state index < -0.39 is 57.7 Å². The van der Waals surface area contributed by atoms with Gasteiger partial charge in [-0.15, -0.1) is 0 Å². The molecule has 0 bridgehead atoms. The molecule has 0 saturated carbocycles. The monoisotopic (exact) mass is 874 g/mol. The molecular formula is C48H76NO11P. The van der Waals surface area contributed by atoms with Crippen molar-refractivity contribution in [1.29, 1.82) is 0 Å². The Morgan fingerprint density at radius 2 is 1.15 bits per heavy atom. The Balaban J connectivity index is 2.34. The Morgan fingerprint density at radius 3 is 1.72 bits per heavy atom. The number of carboxylic acid groups (broad SMARTS) is 1. The maximum absolute atomic E-state index is 12.6. The number of hydrogen-bond donors (Lipinski definition) is 3. The van der Waals surface area contributed by atoms with Crippen LogP contribution in [0, 0.1) is 0 Å². The maximum atomic E-state index is 12.6. The summed E-state index contributed by atoms with van der Waals surface area (Å²) in [6.07, 6.45) is 50.8. The fourth-order valence-electron chi connectivity index (χ4n) is 5.65. The van der Waals surface area contributed by atoms with E-state index in [4.69, 9.17) is 29.6 Å². The van der Waals surface area contributed by atoms with Gasteiger partial charge in [-0.2, -0.15) is 0 Å². The van der Waals surface area contributed by atoms with E-state index in [1.165, 1.54) is 25.7 Å². The summed E-state index contributed by atoms with van der Waals surface area (Å²) >= 11 is 0. The molecule has 0 spiro atoms.